The van der Waals surface area contributed by atoms with Gasteiger partial charge < -0.3 is 4.84 Å². The normalized spacial score (nSPS) is 35.4. The van der Waals surface area contributed by atoms with Crippen LogP contribution in [0.3, 0.4) is 0 Å². The molecule has 2 atom stereocenters. The monoisotopic (exact) mass is 153 g/mol. The van der Waals surface area contributed by atoms with Gasteiger partial charge in [0.25, 0.3) is 0 Å². The smallest absolute Gasteiger partial charge is 0.125 e. The molecule has 0 saturated heterocycles. The molecule has 1 fully saturated rings. The van der Waals surface area contributed by atoms with E-state index >= 15 is 0 Å². The first kappa shape index (κ1) is 7.14. The highest BCUT2D eigenvalue weighted by Crippen LogP contribution is 2.36. The molecule has 0 aromatic rings. The number of hydrogen-bond acceptors (Lipinski definition) is 2. The molecule has 0 bridgehead atoms. The molecule has 2 nitrogen and oxygen atoms in total. The van der Waals surface area contributed by atoms with E-state index in [1.54, 1.807) is 0 Å². The third kappa shape index (κ3) is 1.05. The third-order valence-electron chi connectivity index (χ3n) is 2.87. The maximum absolute atomic E-state index is 5.08. The Hall–Kier alpha value is -0.530. The predicted octanol–water partition coefficient (Wildman–Crippen LogP) is 2.05. The van der Waals surface area contributed by atoms with E-state index in [1.807, 2.05) is 0 Å². The lowest BCUT2D eigenvalue weighted by Crippen LogP contribution is -2.16. The Morgan fingerprint density at radius 2 is 2.27 bits per heavy atom. The van der Waals surface area contributed by atoms with Crippen LogP contribution in [0.5, 0.6) is 0 Å². The Labute approximate surface area is 67.6 Å². The maximum atomic E-state index is 5.08. The van der Waals surface area contributed by atoms with Crippen LogP contribution in [-0.4, -0.2) is 12.3 Å². The first-order chi connectivity index (χ1) is 5.29. The van der Waals surface area contributed by atoms with Crippen molar-refractivity contribution in [3.05, 3.63) is 0 Å². The zero-order valence-corrected chi connectivity index (χ0v) is 7.21. The van der Waals surface area contributed by atoms with E-state index in [0.29, 0.717) is 11.8 Å². The number of oxime groups is 1. The molecule has 0 N–H and O–H groups in total. The van der Waals surface area contributed by atoms with E-state index in [-0.39, 0.29) is 0 Å². The fourth-order valence-electron chi connectivity index (χ4n) is 2.17. The second-order valence-electron chi connectivity index (χ2n) is 3.94. The van der Waals surface area contributed by atoms with Crippen LogP contribution in [-0.2, 0) is 4.84 Å². The molecule has 1 aliphatic carbocycles. The Morgan fingerprint density at radius 3 is 3.00 bits per heavy atom. The lowest BCUT2D eigenvalue weighted by Gasteiger charge is -2.12. The molecule has 0 amide bonds. The number of fused-ring (bicyclic) bond motifs is 1. The zero-order valence-electron chi connectivity index (χ0n) is 7.21. The average Bonchev–Trinajstić information content (AvgIpc) is 2.41. The van der Waals surface area contributed by atoms with Crippen molar-refractivity contribution in [2.24, 2.45) is 22.9 Å². The van der Waals surface area contributed by atoms with Gasteiger partial charge in [0.05, 0.1) is 5.71 Å². The predicted molar refractivity (Wildman–Crippen MR) is 44.4 cm³/mol. The van der Waals surface area contributed by atoms with Crippen LogP contribution in [0.15, 0.2) is 5.16 Å². The van der Waals surface area contributed by atoms with Crippen LogP contribution >= 0.6 is 0 Å². The van der Waals surface area contributed by atoms with E-state index in [0.717, 1.165) is 12.5 Å². The number of hydrogen-bond donors (Lipinski definition) is 0. The van der Waals surface area contributed by atoms with Crippen LogP contribution in [0, 0.1) is 17.8 Å². The molecular formula is C9H15NO. The summed E-state index contributed by atoms with van der Waals surface area (Å²) in [6.45, 7) is 5.39. The Kier molecular flexibility index (Phi) is 1.63. The van der Waals surface area contributed by atoms with Gasteiger partial charge in [0.15, 0.2) is 0 Å². The molecule has 1 heterocycles. The van der Waals surface area contributed by atoms with Gasteiger partial charge >= 0.3 is 0 Å². The third-order valence-corrected chi connectivity index (χ3v) is 2.87. The molecule has 62 valence electrons. The summed E-state index contributed by atoms with van der Waals surface area (Å²) in [7, 11) is 0. The van der Waals surface area contributed by atoms with Crippen molar-refractivity contribution in [1.29, 1.82) is 0 Å². The first-order valence-electron chi connectivity index (χ1n) is 4.48. The minimum Gasteiger partial charge on any atom is -0.395 e. The quantitative estimate of drug-likeness (QED) is 0.565. The molecule has 0 radical (unpaired) electrons. The van der Waals surface area contributed by atoms with E-state index in [2.05, 4.69) is 19.0 Å². The van der Waals surface area contributed by atoms with Gasteiger partial charge in [-0.15, -0.1) is 0 Å². The molecule has 2 aliphatic rings. The SMILES string of the molecule is CC(C)[C@H]1CC[C@H]2CON=C21. The molecule has 2 heteroatoms. The molecule has 1 saturated carbocycles. The fourth-order valence-corrected chi connectivity index (χ4v) is 2.17. The number of rotatable bonds is 1. The number of nitrogens with zero attached hydrogens (tertiary/aromatic N) is 1. The Bertz CT molecular complexity index is 186. The Morgan fingerprint density at radius 1 is 1.45 bits per heavy atom. The molecule has 2 rings (SSSR count). The van der Waals surface area contributed by atoms with Gasteiger partial charge in [0.1, 0.15) is 6.61 Å². The van der Waals surface area contributed by atoms with Gasteiger partial charge in [-0.3, -0.25) is 0 Å². The van der Waals surface area contributed by atoms with E-state index in [4.69, 9.17) is 4.84 Å². The Balaban J connectivity index is 2.14. The van der Waals surface area contributed by atoms with E-state index < -0.39 is 0 Å². The van der Waals surface area contributed by atoms with Crippen molar-refractivity contribution in [1.82, 2.24) is 0 Å². The molecule has 1 aliphatic heterocycles. The largest absolute Gasteiger partial charge is 0.395 e. The van der Waals surface area contributed by atoms with Crippen LogP contribution in [0.4, 0.5) is 0 Å². The van der Waals surface area contributed by atoms with Crippen molar-refractivity contribution in [2.45, 2.75) is 26.7 Å². The van der Waals surface area contributed by atoms with Crippen molar-refractivity contribution < 1.29 is 4.84 Å². The molecule has 0 aromatic heterocycles. The molecular weight excluding hydrogens is 138 g/mol. The maximum Gasteiger partial charge on any atom is 0.125 e. The zero-order chi connectivity index (χ0) is 7.84. The summed E-state index contributed by atoms with van der Waals surface area (Å²) in [6, 6.07) is 0. The van der Waals surface area contributed by atoms with Crippen molar-refractivity contribution in [3.63, 3.8) is 0 Å². The standard InChI is InChI=1S/C9H15NO/c1-6(2)8-4-3-7-5-11-10-9(7)8/h6-8H,3-5H2,1-2H3/t7-,8+/m0/s1. The highest BCUT2D eigenvalue weighted by molar-refractivity contribution is 5.91. The van der Waals surface area contributed by atoms with Gasteiger partial charge in [-0.1, -0.05) is 19.0 Å². The highest BCUT2D eigenvalue weighted by Gasteiger charge is 2.37. The second kappa shape index (κ2) is 2.50. The van der Waals surface area contributed by atoms with Crippen LogP contribution < -0.4 is 0 Å². The van der Waals surface area contributed by atoms with Gasteiger partial charge in [0.2, 0.25) is 0 Å². The highest BCUT2D eigenvalue weighted by atomic mass is 16.6. The first-order valence-corrected chi connectivity index (χ1v) is 4.48. The van der Waals surface area contributed by atoms with Gasteiger partial charge in [0, 0.05) is 11.8 Å². The van der Waals surface area contributed by atoms with Gasteiger partial charge in [-0.2, -0.15) is 0 Å². The van der Waals surface area contributed by atoms with Crippen LogP contribution in [0.1, 0.15) is 26.7 Å². The molecule has 0 unspecified atom stereocenters. The summed E-state index contributed by atoms with van der Waals surface area (Å²) in [5, 5.41) is 4.12. The van der Waals surface area contributed by atoms with Crippen molar-refractivity contribution in [3.8, 4) is 0 Å². The summed E-state index contributed by atoms with van der Waals surface area (Å²) in [4.78, 5) is 5.08. The minimum atomic E-state index is 0.669. The lowest BCUT2D eigenvalue weighted by atomic mass is 9.92. The summed E-state index contributed by atoms with van der Waals surface area (Å²) in [5.41, 5.74) is 1.35. The molecule has 0 aromatic carbocycles. The molecule has 11 heavy (non-hydrogen) atoms. The van der Waals surface area contributed by atoms with Crippen LogP contribution in [0.25, 0.3) is 0 Å². The van der Waals surface area contributed by atoms with E-state index in [9.17, 15) is 0 Å². The average molecular weight is 153 g/mol. The van der Waals surface area contributed by atoms with E-state index in [1.165, 1.54) is 18.6 Å². The van der Waals surface area contributed by atoms with Gasteiger partial charge in [-0.25, -0.2) is 0 Å². The van der Waals surface area contributed by atoms with Crippen LogP contribution in [0.2, 0.25) is 0 Å². The van der Waals surface area contributed by atoms with Crippen molar-refractivity contribution >= 4 is 5.71 Å². The van der Waals surface area contributed by atoms with Gasteiger partial charge in [-0.05, 0) is 18.8 Å². The fraction of sp³-hybridized carbons (Fsp3) is 0.889. The topological polar surface area (TPSA) is 21.6 Å². The second-order valence-corrected chi connectivity index (χ2v) is 3.94. The summed E-state index contributed by atoms with van der Waals surface area (Å²) < 4.78 is 0. The minimum absolute atomic E-state index is 0.669. The summed E-state index contributed by atoms with van der Waals surface area (Å²) in [6.07, 6.45) is 2.62. The molecule has 0 spiro atoms. The summed E-state index contributed by atoms with van der Waals surface area (Å²) in [5.74, 6) is 2.12. The van der Waals surface area contributed by atoms with Crippen molar-refractivity contribution in [2.75, 3.05) is 6.61 Å². The lowest BCUT2D eigenvalue weighted by molar-refractivity contribution is 0.150. The summed E-state index contributed by atoms with van der Waals surface area (Å²) >= 11 is 0.